The Morgan fingerprint density at radius 2 is 2.12 bits per heavy atom. The van der Waals surface area contributed by atoms with Crippen LogP contribution in [0.2, 0.25) is 0 Å². The minimum Gasteiger partial charge on any atom is -0.397 e. The molecule has 1 fully saturated rings. The lowest BCUT2D eigenvalue weighted by Gasteiger charge is -2.29. The van der Waals surface area contributed by atoms with Crippen LogP contribution in [0.4, 0.5) is 11.4 Å². The quantitative estimate of drug-likeness (QED) is 0.678. The van der Waals surface area contributed by atoms with E-state index in [2.05, 4.69) is 11.4 Å². The average Bonchev–Trinajstić information content (AvgIpc) is 2.34. The zero-order chi connectivity index (χ0) is 12.3. The highest BCUT2D eigenvalue weighted by Crippen LogP contribution is 2.26. The lowest BCUT2D eigenvalue weighted by molar-refractivity contribution is 0.116. The lowest BCUT2D eigenvalue weighted by atomic mass is 9.92. The summed E-state index contributed by atoms with van der Waals surface area (Å²) in [7, 11) is 0. The number of rotatable bonds is 2. The van der Waals surface area contributed by atoms with Crippen LogP contribution in [0.3, 0.4) is 0 Å². The van der Waals surface area contributed by atoms with Gasteiger partial charge in [-0.3, -0.25) is 0 Å². The third-order valence-electron chi connectivity index (χ3n) is 3.25. The molecule has 2 atom stereocenters. The number of nitrogens with one attached hydrogen (secondary N) is 1. The van der Waals surface area contributed by atoms with Crippen molar-refractivity contribution in [2.45, 2.75) is 37.8 Å². The SMILES string of the molecule is N#Cc1ccc(NC2CCCCC2O)c(N)c1. The van der Waals surface area contributed by atoms with Gasteiger partial charge in [0.25, 0.3) is 0 Å². The Bertz CT molecular complexity index is 439. The average molecular weight is 231 g/mol. The summed E-state index contributed by atoms with van der Waals surface area (Å²) in [4.78, 5) is 0. The summed E-state index contributed by atoms with van der Waals surface area (Å²) in [5, 5.41) is 21.9. The Morgan fingerprint density at radius 1 is 1.35 bits per heavy atom. The van der Waals surface area contributed by atoms with Crippen LogP contribution in [-0.2, 0) is 0 Å². The Kier molecular flexibility index (Phi) is 3.50. The highest BCUT2D eigenvalue weighted by Gasteiger charge is 2.23. The van der Waals surface area contributed by atoms with Crippen molar-refractivity contribution in [3.8, 4) is 6.07 Å². The van der Waals surface area contributed by atoms with E-state index in [-0.39, 0.29) is 12.1 Å². The van der Waals surface area contributed by atoms with Crippen molar-refractivity contribution in [1.82, 2.24) is 0 Å². The number of nitriles is 1. The Balaban J connectivity index is 2.10. The molecule has 4 nitrogen and oxygen atoms in total. The van der Waals surface area contributed by atoms with Gasteiger partial charge in [0.1, 0.15) is 0 Å². The molecule has 1 aliphatic carbocycles. The van der Waals surface area contributed by atoms with E-state index in [1.54, 1.807) is 18.2 Å². The topological polar surface area (TPSA) is 82.1 Å². The zero-order valence-corrected chi connectivity index (χ0v) is 9.69. The van der Waals surface area contributed by atoms with Gasteiger partial charge in [-0.2, -0.15) is 5.26 Å². The first-order valence-electron chi connectivity index (χ1n) is 5.95. The predicted molar refractivity (Wildman–Crippen MR) is 67.5 cm³/mol. The van der Waals surface area contributed by atoms with Gasteiger partial charge in [0.05, 0.1) is 35.2 Å². The number of aliphatic hydroxyl groups is 1. The maximum atomic E-state index is 9.87. The van der Waals surface area contributed by atoms with Gasteiger partial charge in [0.15, 0.2) is 0 Å². The largest absolute Gasteiger partial charge is 0.397 e. The van der Waals surface area contributed by atoms with E-state index in [0.29, 0.717) is 11.3 Å². The molecule has 2 unspecified atom stereocenters. The van der Waals surface area contributed by atoms with Gasteiger partial charge in [-0.1, -0.05) is 12.8 Å². The first-order chi connectivity index (χ1) is 8.20. The summed E-state index contributed by atoms with van der Waals surface area (Å²) < 4.78 is 0. The van der Waals surface area contributed by atoms with Crippen LogP contribution in [0.1, 0.15) is 31.2 Å². The Labute approximate surface area is 101 Å². The molecule has 1 aromatic carbocycles. The number of aliphatic hydroxyl groups excluding tert-OH is 1. The molecule has 0 aliphatic heterocycles. The molecule has 1 aromatic rings. The minimum absolute atomic E-state index is 0.0685. The lowest BCUT2D eigenvalue weighted by Crippen LogP contribution is -2.36. The van der Waals surface area contributed by atoms with Gasteiger partial charge < -0.3 is 16.2 Å². The second kappa shape index (κ2) is 5.07. The summed E-state index contributed by atoms with van der Waals surface area (Å²) in [5.74, 6) is 0. The number of hydrogen-bond acceptors (Lipinski definition) is 4. The normalized spacial score (nSPS) is 24.0. The van der Waals surface area contributed by atoms with Crippen molar-refractivity contribution in [1.29, 1.82) is 5.26 Å². The van der Waals surface area contributed by atoms with Crippen LogP contribution in [0.15, 0.2) is 18.2 Å². The number of nitrogens with two attached hydrogens (primary N) is 1. The molecule has 0 amide bonds. The first kappa shape index (κ1) is 11.7. The second-order valence-corrected chi connectivity index (χ2v) is 4.52. The molecule has 4 heteroatoms. The molecule has 0 radical (unpaired) electrons. The van der Waals surface area contributed by atoms with E-state index in [1.165, 1.54) is 0 Å². The zero-order valence-electron chi connectivity index (χ0n) is 9.69. The molecule has 1 saturated carbocycles. The van der Waals surface area contributed by atoms with Gasteiger partial charge in [-0.15, -0.1) is 0 Å². The maximum Gasteiger partial charge on any atom is 0.0992 e. The number of hydrogen-bond donors (Lipinski definition) is 3. The fourth-order valence-electron chi connectivity index (χ4n) is 2.24. The third-order valence-corrected chi connectivity index (χ3v) is 3.25. The number of benzene rings is 1. The van der Waals surface area contributed by atoms with Crippen LogP contribution in [0, 0.1) is 11.3 Å². The van der Waals surface area contributed by atoms with Crippen LogP contribution in [0.5, 0.6) is 0 Å². The minimum atomic E-state index is -0.307. The molecule has 90 valence electrons. The first-order valence-corrected chi connectivity index (χ1v) is 5.95. The van der Waals surface area contributed by atoms with E-state index >= 15 is 0 Å². The van der Waals surface area contributed by atoms with Crippen LogP contribution in [-0.4, -0.2) is 17.3 Å². The third kappa shape index (κ3) is 2.69. The van der Waals surface area contributed by atoms with Crippen molar-refractivity contribution < 1.29 is 5.11 Å². The van der Waals surface area contributed by atoms with Gasteiger partial charge >= 0.3 is 0 Å². The highest BCUT2D eigenvalue weighted by atomic mass is 16.3. The van der Waals surface area contributed by atoms with E-state index in [9.17, 15) is 5.11 Å². The molecule has 0 bridgehead atoms. The molecule has 0 heterocycles. The van der Waals surface area contributed by atoms with Crippen molar-refractivity contribution in [3.05, 3.63) is 23.8 Å². The fourth-order valence-corrected chi connectivity index (χ4v) is 2.24. The number of nitrogen functional groups attached to an aromatic ring is 1. The van der Waals surface area contributed by atoms with Crippen molar-refractivity contribution in [3.63, 3.8) is 0 Å². The molecule has 17 heavy (non-hydrogen) atoms. The predicted octanol–water partition coefficient (Wildman–Crippen LogP) is 1.86. The van der Waals surface area contributed by atoms with Gasteiger partial charge in [0, 0.05) is 0 Å². The fraction of sp³-hybridized carbons (Fsp3) is 0.462. The Morgan fingerprint density at radius 3 is 2.76 bits per heavy atom. The molecule has 0 aromatic heterocycles. The van der Waals surface area contributed by atoms with Gasteiger partial charge in [0.2, 0.25) is 0 Å². The second-order valence-electron chi connectivity index (χ2n) is 4.52. The maximum absolute atomic E-state index is 9.87. The van der Waals surface area contributed by atoms with Crippen LogP contribution < -0.4 is 11.1 Å². The van der Waals surface area contributed by atoms with Crippen LogP contribution in [0.25, 0.3) is 0 Å². The van der Waals surface area contributed by atoms with Gasteiger partial charge in [-0.25, -0.2) is 0 Å². The summed E-state index contributed by atoms with van der Waals surface area (Å²) in [5.41, 5.74) is 7.78. The van der Waals surface area contributed by atoms with Crippen molar-refractivity contribution in [2.24, 2.45) is 0 Å². The van der Waals surface area contributed by atoms with E-state index in [0.717, 1.165) is 31.4 Å². The summed E-state index contributed by atoms with van der Waals surface area (Å²) >= 11 is 0. The van der Waals surface area contributed by atoms with E-state index < -0.39 is 0 Å². The molecular weight excluding hydrogens is 214 g/mol. The molecule has 0 saturated heterocycles. The highest BCUT2D eigenvalue weighted by molar-refractivity contribution is 5.68. The van der Waals surface area contributed by atoms with E-state index in [1.807, 2.05) is 0 Å². The molecular formula is C13H17N3O. The number of nitrogens with zero attached hydrogens (tertiary/aromatic N) is 1. The number of anilines is 2. The van der Waals surface area contributed by atoms with Crippen molar-refractivity contribution in [2.75, 3.05) is 11.1 Å². The molecule has 0 spiro atoms. The molecule has 2 rings (SSSR count). The molecule has 1 aliphatic rings. The van der Waals surface area contributed by atoms with E-state index in [4.69, 9.17) is 11.0 Å². The van der Waals surface area contributed by atoms with Gasteiger partial charge in [-0.05, 0) is 31.0 Å². The standard InChI is InChI=1S/C13H17N3O/c14-8-9-5-6-11(10(15)7-9)16-12-3-1-2-4-13(12)17/h5-7,12-13,16-17H,1-4,15H2. The summed E-state index contributed by atoms with van der Waals surface area (Å²) in [6, 6.07) is 7.30. The van der Waals surface area contributed by atoms with Crippen LogP contribution >= 0.6 is 0 Å². The van der Waals surface area contributed by atoms with Crippen molar-refractivity contribution >= 4 is 11.4 Å². The summed E-state index contributed by atoms with van der Waals surface area (Å²) in [6.45, 7) is 0. The Hall–Kier alpha value is -1.73. The summed E-state index contributed by atoms with van der Waals surface area (Å²) in [6.07, 6.45) is 3.71. The molecule has 4 N–H and O–H groups in total. The smallest absolute Gasteiger partial charge is 0.0992 e. The monoisotopic (exact) mass is 231 g/mol.